The van der Waals surface area contributed by atoms with Crippen LogP contribution in [0.1, 0.15) is 15.9 Å². The van der Waals surface area contributed by atoms with E-state index >= 15 is 0 Å². The molecule has 0 aliphatic carbocycles. The van der Waals surface area contributed by atoms with E-state index in [1.54, 1.807) is 42.5 Å². The van der Waals surface area contributed by atoms with Crippen LogP contribution in [0.5, 0.6) is 0 Å². The highest BCUT2D eigenvalue weighted by Crippen LogP contribution is 2.16. The molecule has 0 aromatic heterocycles. The average Bonchev–Trinajstić information content (AvgIpc) is 2.68. The third-order valence-corrected chi connectivity index (χ3v) is 3.65. The van der Waals surface area contributed by atoms with Crippen molar-refractivity contribution in [3.63, 3.8) is 0 Å². The fourth-order valence-electron chi connectivity index (χ4n) is 2.39. The highest BCUT2D eigenvalue weighted by Gasteiger charge is 2.06. The van der Waals surface area contributed by atoms with Crippen LogP contribution < -0.4 is 10.6 Å². The highest BCUT2D eigenvalue weighted by molar-refractivity contribution is 6.05. The first-order valence-electron chi connectivity index (χ1n) is 8.21. The van der Waals surface area contributed by atoms with Gasteiger partial charge in [-0.3, -0.25) is 9.59 Å². The van der Waals surface area contributed by atoms with Gasteiger partial charge >= 0.3 is 0 Å². The Kier molecular flexibility index (Phi) is 5.58. The summed E-state index contributed by atoms with van der Waals surface area (Å²) in [6, 6.07) is 25.6. The molecular formula is C22H18N2O2. The number of anilines is 2. The van der Waals surface area contributed by atoms with Gasteiger partial charge in [0.1, 0.15) is 0 Å². The van der Waals surface area contributed by atoms with Gasteiger partial charge in [0.25, 0.3) is 5.91 Å². The minimum Gasteiger partial charge on any atom is -0.322 e. The van der Waals surface area contributed by atoms with Gasteiger partial charge in [0.15, 0.2) is 0 Å². The van der Waals surface area contributed by atoms with E-state index in [9.17, 15) is 9.59 Å². The number of benzene rings is 3. The van der Waals surface area contributed by atoms with Gasteiger partial charge in [-0.25, -0.2) is 0 Å². The Bertz CT molecular complexity index is 919. The summed E-state index contributed by atoms with van der Waals surface area (Å²) in [5, 5.41) is 5.61. The molecule has 0 fully saturated rings. The number of rotatable bonds is 5. The Morgan fingerprint density at radius 1 is 0.692 bits per heavy atom. The molecule has 2 N–H and O–H groups in total. The van der Waals surface area contributed by atoms with E-state index in [4.69, 9.17) is 0 Å². The molecule has 3 rings (SSSR count). The first-order valence-corrected chi connectivity index (χ1v) is 8.21. The molecule has 0 unspecified atom stereocenters. The van der Waals surface area contributed by atoms with Crippen LogP contribution in [-0.4, -0.2) is 11.8 Å². The van der Waals surface area contributed by atoms with Crippen molar-refractivity contribution in [2.45, 2.75) is 0 Å². The summed E-state index contributed by atoms with van der Waals surface area (Å²) < 4.78 is 0. The molecule has 4 heteroatoms. The molecular weight excluding hydrogens is 324 g/mol. The van der Waals surface area contributed by atoms with Crippen LogP contribution >= 0.6 is 0 Å². The fraction of sp³-hybridized carbons (Fsp3) is 0. The average molecular weight is 342 g/mol. The van der Waals surface area contributed by atoms with Gasteiger partial charge in [-0.15, -0.1) is 0 Å². The first-order chi connectivity index (χ1) is 12.7. The number of hydrogen-bond acceptors (Lipinski definition) is 2. The summed E-state index contributed by atoms with van der Waals surface area (Å²) in [5.74, 6) is -0.432. The first kappa shape index (κ1) is 17.2. The highest BCUT2D eigenvalue weighted by atomic mass is 16.2. The van der Waals surface area contributed by atoms with Crippen molar-refractivity contribution in [1.29, 1.82) is 0 Å². The summed E-state index contributed by atoms with van der Waals surface area (Å²) in [4.78, 5) is 24.3. The number of hydrogen-bond donors (Lipinski definition) is 2. The summed E-state index contributed by atoms with van der Waals surface area (Å²) in [5.41, 5.74) is 2.75. The predicted octanol–water partition coefficient (Wildman–Crippen LogP) is 4.59. The zero-order valence-corrected chi connectivity index (χ0v) is 14.1. The smallest absolute Gasteiger partial charge is 0.255 e. The monoisotopic (exact) mass is 342 g/mol. The Morgan fingerprint density at radius 2 is 1.31 bits per heavy atom. The van der Waals surface area contributed by atoms with Crippen molar-refractivity contribution in [3.8, 4) is 0 Å². The van der Waals surface area contributed by atoms with Crippen LogP contribution in [0.25, 0.3) is 6.08 Å². The van der Waals surface area contributed by atoms with E-state index in [2.05, 4.69) is 10.6 Å². The van der Waals surface area contributed by atoms with Gasteiger partial charge < -0.3 is 10.6 Å². The summed E-state index contributed by atoms with van der Waals surface area (Å²) in [6.07, 6.45) is 3.22. The SMILES string of the molecule is O=C(/C=C/c1ccccc1)Nc1cccc(NC(=O)c2ccccc2)c1. The van der Waals surface area contributed by atoms with Gasteiger partial charge in [-0.05, 0) is 42.0 Å². The lowest BCUT2D eigenvalue weighted by atomic mass is 10.2. The van der Waals surface area contributed by atoms with Gasteiger partial charge in [0.2, 0.25) is 5.91 Å². The molecule has 0 bridgehead atoms. The van der Waals surface area contributed by atoms with Crippen molar-refractivity contribution in [1.82, 2.24) is 0 Å². The molecule has 0 saturated carbocycles. The van der Waals surface area contributed by atoms with Gasteiger partial charge in [0, 0.05) is 23.0 Å². The van der Waals surface area contributed by atoms with Crippen molar-refractivity contribution >= 4 is 29.3 Å². The molecule has 0 heterocycles. The molecule has 4 nitrogen and oxygen atoms in total. The topological polar surface area (TPSA) is 58.2 Å². The zero-order valence-electron chi connectivity index (χ0n) is 14.1. The van der Waals surface area contributed by atoms with Crippen LogP contribution in [0.4, 0.5) is 11.4 Å². The molecule has 0 saturated heterocycles. The Hall–Kier alpha value is -3.66. The van der Waals surface area contributed by atoms with Crippen LogP contribution in [0, 0.1) is 0 Å². The molecule has 0 aliphatic rings. The Labute approximate surface area is 152 Å². The molecule has 128 valence electrons. The lowest BCUT2D eigenvalue weighted by molar-refractivity contribution is -0.111. The molecule has 3 aromatic rings. The Morgan fingerprint density at radius 3 is 2.00 bits per heavy atom. The maximum absolute atomic E-state index is 12.2. The number of carbonyl (C=O) groups excluding carboxylic acids is 2. The van der Waals surface area contributed by atoms with Crippen LogP contribution in [-0.2, 0) is 4.79 Å². The molecule has 0 spiro atoms. The van der Waals surface area contributed by atoms with Crippen molar-refractivity contribution < 1.29 is 9.59 Å². The molecule has 3 aromatic carbocycles. The van der Waals surface area contributed by atoms with Crippen molar-refractivity contribution in [3.05, 3.63) is 102 Å². The third-order valence-electron chi connectivity index (χ3n) is 3.65. The molecule has 0 radical (unpaired) electrons. The molecule has 0 aliphatic heterocycles. The van der Waals surface area contributed by atoms with E-state index in [1.165, 1.54) is 6.08 Å². The summed E-state index contributed by atoms with van der Waals surface area (Å²) >= 11 is 0. The predicted molar refractivity (Wildman–Crippen MR) is 105 cm³/mol. The van der Waals surface area contributed by atoms with Gasteiger partial charge in [-0.1, -0.05) is 54.6 Å². The van der Waals surface area contributed by atoms with Crippen LogP contribution in [0.2, 0.25) is 0 Å². The number of carbonyl (C=O) groups is 2. The van der Waals surface area contributed by atoms with Gasteiger partial charge in [0.05, 0.1) is 0 Å². The number of amides is 2. The summed E-state index contributed by atoms with van der Waals surface area (Å²) in [6.45, 7) is 0. The minimum absolute atomic E-state index is 0.196. The normalized spacial score (nSPS) is 10.5. The second kappa shape index (κ2) is 8.44. The van der Waals surface area contributed by atoms with Crippen molar-refractivity contribution in [2.24, 2.45) is 0 Å². The lowest BCUT2D eigenvalue weighted by Gasteiger charge is -2.08. The molecule has 2 amide bonds. The molecule has 26 heavy (non-hydrogen) atoms. The van der Waals surface area contributed by atoms with E-state index in [0.29, 0.717) is 16.9 Å². The third kappa shape index (κ3) is 4.92. The van der Waals surface area contributed by atoms with Crippen LogP contribution in [0.15, 0.2) is 91.0 Å². The van der Waals surface area contributed by atoms with Crippen LogP contribution in [0.3, 0.4) is 0 Å². The van der Waals surface area contributed by atoms with Crippen molar-refractivity contribution in [2.75, 3.05) is 10.6 Å². The molecule has 0 atom stereocenters. The fourth-order valence-corrected chi connectivity index (χ4v) is 2.39. The van der Waals surface area contributed by atoms with E-state index in [0.717, 1.165) is 5.56 Å². The zero-order chi connectivity index (χ0) is 18.2. The second-order valence-electron chi connectivity index (χ2n) is 5.63. The summed E-state index contributed by atoms with van der Waals surface area (Å²) in [7, 11) is 0. The van der Waals surface area contributed by atoms with E-state index in [1.807, 2.05) is 48.5 Å². The standard InChI is InChI=1S/C22H18N2O2/c25-21(15-14-17-8-3-1-4-9-17)23-19-12-7-13-20(16-19)24-22(26)18-10-5-2-6-11-18/h1-16H,(H,23,25)(H,24,26)/b15-14+. The van der Waals surface area contributed by atoms with E-state index < -0.39 is 0 Å². The maximum Gasteiger partial charge on any atom is 0.255 e. The quantitative estimate of drug-likeness (QED) is 0.666. The van der Waals surface area contributed by atoms with Gasteiger partial charge in [-0.2, -0.15) is 0 Å². The lowest BCUT2D eigenvalue weighted by Crippen LogP contribution is -2.12. The van der Waals surface area contributed by atoms with E-state index in [-0.39, 0.29) is 11.8 Å². The maximum atomic E-state index is 12.2. The largest absolute Gasteiger partial charge is 0.322 e. The second-order valence-corrected chi connectivity index (χ2v) is 5.63. The number of nitrogens with one attached hydrogen (secondary N) is 2. The Balaban J connectivity index is 1.63. The minimum atomic E-state index is -0.236.